The molecule has 0 amide bonds. The summed E-state index contributed by atoms with van der Waals surface area (Å²) in [6.07, 6.45) is 5.39. The van der Waals surface area contributed by atoms with Crippen LogP contribution in [0.3, 0.4) is 0 Å². The van der Waals surface area contributed by atoms with Gasteiger partial charge in [-0.2, -0.15) is 0 Å². The molecule has 2 bridgehead atoms. The molecule has 0 aromatic heterocycles. The van der Waals surface area contributed by atoms with Gasteiger partial charge in [-0.3, -0.25) is 4.79 Å². The molecule has 0 spiro atoms. The highest BCUT2D eigenvalue weighted by Crippen LogP contribution is 2.48. The van der Waals surface area contributed by atoms with E-state index in [9.17, 15) is 18.3 Å². The summed E-state index contributed by atoms with van der Waals surface area (Å²) in [5.41, 5.74) is 0.969. The molecule has 2 fully saturated rings. The summed E-state index contributed by atoms with van der Waals surface area (Å²) in [6.45, 7) is 3.68. The van der Waals surface area contributed by atoms with E-state index in [1.807, 2.05) is 12.1 Å². The van der Waals surface area contributed by atoms with Crippen LogP contribution in [-0.2, 0) is 21.2 Å². The van der Waals surface area contributed by atoms with E-state index in [2.05, 4.69) is 11.3 Å². The van der Waals surface area contributed by atoms with Crippen LogP contribution in [0.5, 0.6) is 0 Å². The van der Waals surface area contributed by atoms with Crippen LogP contribution < -0.4 is 4.72 Å². The van der Waals surface area contributed by atoms with Crippen LogP contribution in [0.25, 0.3) is 0 Å². The Bertz CT molecular complexity index is 743. The fraction of sp³-hybridized carbons (Fsp3) is 0.500. The minimum absolute atomic E-state index is 0.0964. The number of carboxylic acid groups (broad SMARTS) is 1. The van der Waals surface area contributed by atoms with Gasteiger partial charge < -0.3 is 5.11 Å². The molecule has 0 heterocycles. The van der Waals surface area contributed by atoms with Gasteiger partial charge in [0.1, 0.15) is 0 Å². The lowest BCUT2D eigenvalue weighted by Crippen LogP contribution is -2.40. The van der Waals surface area contributed by atoms with Crippen molar-refractivity contribution >= 4 is 16.0 Å². The van der Waals surface area contributed by atoms with E-state index >= 15 is 0 Å². The van der Waals surface area contributed by atoms with Gasteiger partial charge in [0.05, 0.1) is 10.8 Å². The molecule has 4 atom stereocenters. The highest BCUT2D eigenvalue weighted by molar-refractivity contribution is 7.89. The normalized spacial score (nSPS) is 28.8. The standard InChI is InChI=1S/C18H23NO4S/c1-2-3-5-12-6-4-7-15(8-12)24(22,23)19-17-11-13-9-14(17)10-16(13)18(20)21/h2,4,6-8,13-14,16-17,19H,1,3,5,9-11H2,(H,20,21)/t13-,14-,16-,17-/m1/s1. The second-order valence-electron chi connectivity index (χ2n) is 6.87. The van der Waals surface area contributed by atoms with Gasteiger partial charge in [-0.05, 0) is 61.6 Å². The van der Waals surface area contributed by atoms with Crippen molar-refractivity contribution in [2.45, 2.75) is 43.0 Å². The maximum absolute atomic E-state index is 12.7. The van der Waals surface area contributed by atoms with E-state index in [1.165, 1.54) is 0 Å². The third kappa shape index (κ3) is 3.39. The van der Waals surface area contributed by atoms with Gasteiger partial charge in [0.25, 0.3) is 0 Å². The van der Waals surface area contributed by atoms with Gasteiger partial charge in [0.15, 0.2) is 0 Å². The van der Waals surface area contributed by atoms with Crippen LogP contribution in [0.15, 0.2) is 41.8 Å². The SMILES string of the molecule is C=CCCc1cccc(S(=O)(=O)N[C@@H]2C[C@H]3C[C@@H]2C[C@H]3C(=O)O)c1. The van der Waals surface area contributed by atoms with Gasteiger partial charge in [0.2, 0.25) is 10.0 Å². The lowest BCUT2D eigenvalue weighted by molar-refractivity contribution is -0.143. The van der Waals surface area contributed by atoms with E-state index in [0.29, 0.717) is 12.8 Å². The Labute approximate surface area is 142 Å². The Hall–Kier alpha value is -1.66. The molecule has 2 N–H and O–H groups in total. The van der Waals surface area contributed by atoms with Gasteiger partial charge in [-0.25, -0.2) is 13.1 Å². The molecule has 5 nitrogen and oxygen atoms in total. The Balaban J connectivity index is 1.69. The number of benzene rings is 1. The summed E-state index contributed by atoms with van der Waals surface area (Å²) in [4.78, 5) is 11.5. The number of sulfonamides is 1. The van der Waals surface area contributed by atoms with Crippen molar-refractivity contribution in [3.05, 3.63) is 42.5 Å². The third-order valence-electron chi connectivity index (χ3n) is 5.33. The number of fused-ring (bicyclic) bond motifs is 2. The molecule has 24 heavy (non-hydrogen) atoms. The topological polar surface area (TPSA) is 83.5 Å². The zero-order chi connectivity index (χ0) is 17.3. The predicted octanol–water partition coefficient (Wildman–Crippen LogP) is 2.58. The molecule has 3 rings (SSSR count). The average molecular weight is 349 g/mol. The molecule has 1 aromatic carbocycles. The van der Waals surface area contributed by atoms with Gasteiger partial charge in [0, 0.05) is 6.04 Å². The smallest absolute Gasteiger partial charge is 0.306 e. The van der Waals surface area contributed by atoms with Crippen molar-refractivity contribution in [3.8, 4) is 0 Å². The summed E-state index contributed by atoms with van der Waals surface area (Å²) in [5, 5.41) is 9.19. The minimum Gasteiger partial charge on any atom is -0.481 e. The number of rotatable bonds is 7. The third-order valence-corrected chi connectivity index (χ3v) is 6.81. The fourth-order valence-electron chi connectivity index (χ4n) is 4.13. The molecule has 130 valence electrons. The van der Waals surface area contributed by atoms with Crippen LogP contribution in [0, 0.1) is 17.8 Å². The van der Waals surface area contributed by atoms with Crippen molar-refractivity contribution in [1.82, 2.24) is 4.72 Å². The van der Waals surface area contributed by atoms with Gasteiger partial charge in [-0.1, -0.05) is 18.2 Å². The van der Waals surface area contributed by atoms with Crippen molar-refractivity contribution in [2.75, 3.05) is 0 Å². The summed E-state index contributed by atoms with van der Waals surface area (Å²) < 4.78 is 28.1. The molecule has 0 unspecified atom stereocenters. The first-order chi connectivity index (χ1) is 11.4. The monoisotopic (exact) mass is 349 g/mol. The quantitative estimate of drug-likeness (QED) is 0.741. The van der Waals surface area contributed by atoms with Gasteiger partial charge >= 0.3 is 5.97 Å². The molecular weight excluding hydrogens is 326 g/mol. The van der Waals surface area contributed by atoms with Crippen molar-refractivity contribution in [1.29, 1.82) is 0 Å². The summed E-state index contributed by atoms with van der Waals surface area (Å²) in [7, 11) is -3.57. The van der Waals surface area contributed by atoms with Crippen LogP contribution >= 0.6 is 0 Å². The van der Waals surface area contributed by atoms with Crippen molar-refractivity contribution in [3.63, 3.8) is 0 Å². The second kappa shape index (κ2) is 6.69. The zero-order valence-electron chi connectivity index (χ0n) is 13.5. The van der Waals surface area contributed by atoms with Crippen LogP contribution in [0.4, 0.5) is 0 Å². The average Bonchev–Trinajstić information content (AvgIpc) is 3.13. The first-order valence-corrected chi connectivity index (χ1v) is 9.84. The molecule has 0 saturated heterocycles. The second-order valence-corrected chi connectivity index (χ2v) is 8.59. The Morgan fingerprint density at radius 1 is 1.29 bits per heavy atom. The van der Waals surface area contributed by atoms with E-state index in [0.717, 1.165) is 24.8 Å². The van der Waals surface area contributed by atoms with Crippen molar-refractivity contribution < 1.29 is 18.3 Å². The maximum atomic E-state index is 12.7. The molecule has 2 aliphatic rings. The number of carbonyl (C=O) groups is 1. The number of nitrogens with one attached hydrogen (secondary N) is 1. The molecule has 0 radical (unpaired) electrons. The number of allylic oxidation sites excluding steroid dienone is 1. The highest BCUT2D eigenvalue weighted by Gasteiger charge is 2.49. The summed E-state index contributed by atoms with van der Waals surface area (Å²) >= 11 is 0. The Morgan fingerprint density at radius 3 is 2.71 bits per heavy atom. The highest BCUT2D eigenvalue weighted by atomic mass is 32.2. The van der Waals surface area contributed by atoms with Crippen LogP contribution in [0.1, 0.15) is 31.2 Å². The first kappa shape index (κ1) is 17.2. The molecule has 0 aliphatic heterocycles. The number of carboxylic acids is 1. The van der Waals surface area contributed by atoms with E-state index in [-0.39, 0.29) is 28.7 Å². The number of hydrogen-bond acceptors (Lipinski definition) is 3. The maximum Gasteiger partial charge on any atom is 0.306 e. The number of hydrogen-bond donors (Lipinski definition) is 2. The summed E-state index contributed by atoms with van der Waals surface area (Å²) in [6, 6.07) is 6.84. The Kier molecular flexibility index (Phi) is 4.78. The molecule has 2 saturated carbocycles. The Morgan fingerprint density at radius 2 is 2.08 bits per heavy atom. The van der Waals surface area contributed by atoms with E-state index in [1.54, 1.807) is 18.2 Å². The lowest BCUT2D eigenvalue weighted by Gasteiger charge is -2.26. The van der Waals surface area contributed by atoms with Crippen LogP contribution in [0.2, 0.25) is 0 Å². The lowest BCUT2D eigenvalue weighted by atomic mass is 9.86. The number of aliphatic carboxylic acids is 1. The van der Waals surface area contributed by atoms with Gasteiger partial charge in [-0.15, -0.1) is 6.58 Å². The van der Waals surface area contributed by atoms with E-state index < -0.39 is 16.0 Å². The minimum atomic E-state index is -3.57. The number of aryl methyl sites for hydroxylation is 1. The predicted molar refractivity (Wildman–Crippen MR) is 91.0 cm³/mol. The van der Waals surface area contributed by atoms with Crippen LogP contribution in [-0.4, -0.2) is 25.5 Å². The molecular formula is C18H23NO4S. The zero-order valence-corrected chi connectivity index (χ0v) is 14.3. The molecule has 6 heteroatoms. The fourth-order valence-corrected chi connectivity index (χ4v) is 5.51. The largest absolute Gasteiger partial charge is 0.481 e. The first-order valence-electron chi connectivity index (χ1n) is 8.35. The molecule has 1 aromatic rings. The molecule has 2 aliphatic carbocycles. The van der Waals surface area contributed by atoms with Crippen molar-refractivity contribution in [2.24, 2.45) is 17.8 Å². The summed E-state index contributed by atoms with van der Waals surface area (Å²) in [5.74, 6) is -0.828. The van der Waals surface area contributed by atoms with E-state index in [4.69, 9.17) is 0 Å².